The number of pyridine rings is 1. The van der Waals surface area contributed by atoms with E-state index in [9.17, 15) is 5.11 Å². The quantitative estimate of drug-likeness (QED) is 0.399. The van der Waals surface area contributed by atoms with Crippen molar-refractivity contribution < 1.29 is 19.3 Å². The van der Waals surface area contributed by atoms with Gasteiger partial charge in [-0.25, -0.2) is 0 Å². The Morgan fingerprint density at radius 1 is 1.24 bits per heavy atom. The van der Waals surface area contributed by atoms with Crippen molar-refractivity contribution in [2.24, 2.45) is 5.92 Å². The van der Waals surface area contributed by atoms with Gasteiger partial charge >= 0.3 is 0 Å². The van der Waals surface area contributed by atoms with E-state index in [2.05, 4.69) is 39.5 Å². The summed E-state index contributed by atoms with van der Waals surface area (Å²) in [6.07, 6.45) is 5.68. The van der Waals surface area contributed by atoms with Gasteiger partial charge in [0.1, 0.15) is 12.0 Å². The fourth-order valence-corrected chi connectivity index (χ4v) is 5.60. The number of nitrogens with zero attached hydrogens (tertiary/aromatic N) is 2. The highest BCUT2D eigenvalue weighted by atomic mass is 35.5. The lowest BCUT2D eigenvalue weighted by Crippen LogP contribution is -2.44. The zero-order chi connectivity index (χ0) is 25.6. The van der Waals surface area contributed by atoms with E-state index in [1.54, 1.807) is 19.6 Å². The van der Waals surface area contributed by atoms with Crippen molar-refractivity contribution in [3.05, 3.63) is 82.9 Å². The lowest BCUT2D eigenvalue weighted by molar-refractivity contribution is 0.0708. The Labute approximate surface area is 223 Å². The molecule has 0 aliphatic carbocycles. The van der Waals surface area contributed by atoms with Crippen molar-refractivity contribution >= 4 is 22.5 Å². The topological polar surface area (TPSA) is 76.1 Å². The largest absolute Gasteiger partial charge is 0.497 e. The average molecular weight is 524 g/mol. The van der Waals surface area contributed by atoms with Crippen molar-refractivity contribution in [3.8, 4) is 5.75 Å². The third kappa shape index (κ3) is 6.36. The van der Waals surface area contributed by atoms with Crippen LogP contribution < -0.4 is 10.1 Å². The van der Waals surface area contributed by atoms with Gasteiger partial charge < -0.3 is 29.5 Å². The monoisotopic (exact) mass is 523 g/mol. The molecule has 8 heteroatoms. The van der Waals surface area contributed by atoms with Gasteiger partial charge in [-0.1, -0.05) is 41.9 Å². The number of piperidine rings is 1. The highest BCUT2D eigenvalue weighted by molar-refractivity contribution is 6.32. The number of hydrogen-bond acceptors (Lipinski definition) is 7. The molecule has 2 aliphatic heterocycles. The Hall–Kier alpha value is -2.84. The molecule has 0 amide bonds. The Kier molecular flexibility index (Phi) is 8.46. The second-order valence-electron chi connectivity index (χ2n) is 9.79. The van der Waals surface area contributed by atoms with Gasteiger partial charge in [0, 0.05) is 30.2 Å². The molecule has 2 aromatic carbocycles. The molecule has 196 valence electrons. The molecule has 2 aliphatic rings. The number of likely N-dealkylation sites (tertiary alicyclic amines) is 1. The van der Waals surface area contributed by atoms with Crippen molar-refractivity contribution in [2.75, 3.05) is 40.1 Å². The van der Waals surface area contributed by atoms with Crippen molar-refractivity contribution in [1.29, 1.82) is 0 Å². The van der Waals surface area contributed by atoms with Crippen LogP contribution in [0.2, 0.25) is 5.02 Å². The molecule has 0 radical (unpaired) electrons. The van der Waals surface area contributed by atoms with Crippen molar-refractivity contribution in [1.82, 2.24) is 15.2 Å². The van der Waals surface area contributed by atoms with Crippen molar-refractivity contribution in [3.63, 3.8) is 0 Å². The maximum Gasteiger partial charge on any atom is 0.229 e. The van der Waals surface area contributed by atoms with E-state index in [-0.39, 0.29) is 12.8 Å². The smallest absolute Gasteiger partial charge is 0.229 e. The van der Waals surface area contributed by atoms with Gasteiger partial charge in [0.15, 0.2) is 5.76 Å². The molecule has 0 bridgehead atoms. The van der Waals surface area contributed by atoms with Crippen LogP contribution in [0.5, 0.6) is 5.75 Å². The van der Waals surface area contributed by atoms with Crippen LogP contribution in [0.15, 0.2) is 66.7 Å². The Balaban J connectivity index is 1.23. The van der Waals surface area contributed by atoms with Gasteiger partial charge in [0.05, 0.1) is 29.8 Å². The number of β-amino-alcohol motifs (C(OH)–C–C–N with tert-alkyl or cyclic N) is 1. The number of aliphatic hydroxyl groups is 1. The van der Waals surface area contributed by atoms with E-state index >= 15 is 0 Å². The fourth-order valence-electron chi connectivity index (χ4n) is 5.32. The van der Waals surface area contributed by atoms with Crippen molar-refractivity contribution in [2.45, 2.75) is 31.4 Å². The van der Waals surface area contributed by atoms with Gasteiger partial charge in [0.2, 0.25) is 6.79 Å². The van der Waals surface area contributed by atoms with E-state index < -0.39 is 6.10 Å². The molecule has 1 aromatic heterocycles. The number of fused-ring (bicyclic) bond motifs is 1. The maximum absolute atomic E-state index is 11.3. The van der Waals surface area contributed by atoms with Crippen LogP contribution in [0.25, 0.3) is 10.9 Å². The van der Waals surface area contributed by atoms with Gasteiger partial charge in [0.25, 0.3) is 0 Å². The molecule has 1 fully saturated rings. The number of hydrogen-bond donors (Lipinski definition) is 2. The van der Waals surface area contributed by atoms with E-state index in [0.717, 1.165) is 55.6 Å². The van der Waals surface area contributed by atoms with Gasteiger partial charge in [-0.2, -0.15) is 0 Å². The summed E-state index contributed by atoms with van der Waals surface area (Å²) in [4.78, 5) is 6.75. The second-order valence-corrected chi connectivity index (χ2v) is 10.2. The number of halogens is 1. The summed E-state index contributed by atoms with van der Waals surface area (Å²) in [7, 11) is 1.63. The molecule has 37 heavy (non-hydrogen) atoms. The Morgan fingerprint density at radius 2 is 2.11 bits per heavy atom. The van der Waals surface area contributed by atoms with Crippen LogP contribution >= 0.6 is 11.6 Å². The summed E-state index contributed by atoms with van der Waals surface area (Å²) in [5, 5.41) is 16.3. The Morgan fingerprint density at radius 3 is 2.89 bits per heavy atom. The highest BCUT2D eigenvalue weighted by Gasteiger charge is 2.27. The number of ether oxygens (including phenoxy) is 3. The van der Waals surface area contributed by atoms with Crippen LogP contribution in [-0.2, 0) is 15.9 Å². The summed E-state index contributed by atoms with van der Waals surface area (Å²) in [5.41, 5.74) is 2.75. The summed E-state index contributed by atoms with van der Waals surface area (Å²) >= 11 is 6.53. The van der Waals surface area contributed by atoms with Gasteiger partial charge in [-0.05, 0) is 62.0 Å². The predicted octanol–water partition coefficient (Wildman–Crippen LogP) is 4.69. The molecule has 3 unspecified atom stereocenters. The highest BCUT2D eigenvalue weighted by Crippen LogP contribution is 2.33. The lowest BCUT2D eigenvalue weighted by atomic mass is 9.95. The minimum absolute atomic E-state index is 0.0582. The molecule has 0 saturated carbocycles. The summed E-state index contributed by atoms with van der Waals surface area (Å²) < 4.78 is 16.5. The van der Waals surface area contributed by atoms with E-state index in [4.69, 9.17) is 25.8 Å². The first kappa shape index (κ1) is 25.8. The molecule has 5 rings (SSSR count). The average Bonchev–Trinajstić information content (AvgIpc) is 3.46. The van der Waals surface area contributed by atoms with Crippen LogP contribution in [0.1, 0.15) is 30.1 Å². The summed E-state index contributed by atoms with van der Waals surface area (Å²) in [5.74, 6) is 2.03. The molecular weight excluding hydrogens is 490 g/mol. The molecule has 1 saturated heterocycles. The first-order chi connectivity index (χ1) is 18.1. The third-order valence-corrected chi connectivity index (χ3v) is 7.51. The molecule has 3 heterocycles. The maximum atomic E-state index is 11.3. The number of nitrogens with one attached hydrogen (secondary N) is 1. The number of aromatic nitrogens is 1. The zero-order valence-electron chi connectivity index (χ0n) is 21.1. The molecule has 0 spiro atoms. The molecule has 7 nitrogen and oxygen atoms in total. The van der Waals surface area contributed by atoms with Crippen LogP contribution in [0.4, 0.5) is 0 Å². The minimum Gasteiger partial charge on any atom is -0.497 e. The SMILES string of the molecule is COc1ccc2ncc(Cl)c(C(O)CN3CCCC(CNC(Cc4ccccc4)C4=COCO4)C3)c2c1. The van der Waals surface area contributed by atoms with Crippen LogP contribution in [0.3, 0.4) is 0 Å². The first-order valence-corrected chi connectivity index (χ1v) is 13.2. The van der Waals surface area contributed by atoms with Gasteiger partial charge in [-0.3, -0.25) is 4.98 Å². The number of aliphatic hydroxyl groups excluding tert-OH is 1. The molecular formula is C29H34ClN3O4. The molecule has 2 N–H and O–H groups in total. The fraction of sp³-hybridized carbons (Fsp3) is 0.414. The number of rotatable bonds is 10. The minimum atomic E-state index is -0.725. The molecule has 3 atom stereocenters. The standard InChI is InChI=1S/C29H34ClN3O4/c1-35-22-9-10-25-23(13-22)29(24(30)15-32-25)27(34)17-33-11-5-8-21(16-33)14-31-26(28-18-36-19-37-28)12-20-6-3-2-4-7-20/h2-4,6-7,9-10,13,15,18,21,26-27,31,34H,5,8,11-12,14,16-17,19H2,1H3. The summed E-state index contributed by atoms with van der Waals surface area (Å²) in [6.45, 7) is 3.51. The van der Waals surface area contributed by atoms with E-state index in [0.29, 0.717) is 28.8 Å². The third-order valence-electron chi connectivity index (χ3n) is 7.21. The summed E-state index contributed by atoms with van der Waals surface area (Å²) in [6, 6.07) is 16.1. The number of methoxy groups -OCH3 is 1. The number of benzene rings is 2. The molecule has 3 aromatic rings. The zero-order valence-corrected chi connectivity index (χ0v) is 21.9. The van der Waals surface area contributed by atoms with E-state index in [1.165, 1.54) is 5.56 Å². The van der Waals surface area contributed by atoms with Gasteiger partial charge in [-0.15, -0.1) is 0 Å². The normalized spacial score (nSPS) is 19.6. The lowest BCUT2D eigenvalue weighted by Gasteiger charge is -2.35. The second kappa shape index (κ2) is 12.1. The first-order valence-electron chi connectivity index (χ1n) is 12.8. The predicted molar refractivity (Wildman–Crippen MR) is 144 cm³/mol. The van der Waals surface area contributed by atoms with Crippen LogP contribution in [0, 0.1) is 5.92 Å². The Bertz CT molecular complexity index is 1220. The van der Waals surface area contributed by atoms with E-state index in [1.807, 2.05) is 24.3 Å². The van der Waals surface area contributed by atoms with Crippen LogP contribution in [-0.4, -0.2) is 61.1 Å².